The predicted octanol–water partition coefficient (Wildman–Crippen LogP) is 10.4. The van der Waals surface area contributed by atoms with Crippen LogP contribution in [0.2, 0.25) is 0 Å². The highest BCUT2D eigenvalue weighted by molar-refractivity contribution is 5.38. The Morgan fingerprint density at radius 3 is 1.74 bits per heavy atom. The summed E-state index contributed by atoms with van der Waals surface area (Å²) in [7, 11) is 0. The lowest BCUT2D eigenvalue weighted by atomic mass is 9.67. The Balaban J connectivity index is 1.90. The summed E-state index contributed by atoms with van der Waals surface area (Å²) in [5.41, 5.74) is 8.73. The fourth-order valence-electron chi connectivity index (χ4n) is 6.14. The lowest BCUT2D eigenvalue weighted by Gasteiger charge is -2.38. The van der Waals surface area contributed by atoms with Gasteiger partial charge in [0.1, 0.15) is 0 Å². The van der Waals surface area contributed by atoms with Crippen molar-refractivity contribution in [3.8, 4) is 0 Å². The smallest absolute Gasteiger partial charge is 0.0729 e. The van der Waals surface area contributed by atoms with Crippen molar-refractivity contribution < 1.29 is 10.2 Å². The number of aliphatic hydroxyl groups excluding tert-OH is 2. The van der Waals surface area contributed by atoms with Gasteiger partial charge >= 0.3 is 0 Å². The summed E-state index contributed by atoms with van der Waals surface area (Å²) in [6.07, 6.45) is 33.8. The molecule has 0 aromatic heterocycles. The molecule has 2 N–H and O–H groups in total. The van der Waals surface area contributed by atoms with E-state index < -0.39 is 0 Å². The van der Waals surface area contributed by atoms with Crippen LogP contribution in [-0.4, -0.2) is 22.4 Å². The average Bonchev–Trinajstić information content (AvgIpc) is 2.84. The van der Waals surface area contributed by atoms with Crippen LogP contribution in [-0.2, 0) is 0 Å². The van der Waals surface area contributed by atoms with Crippen LogP contribution in [0, 0.1) is 16.7 Å². The van der Waals surface area contributed by atoms with Crippen LogP contribution >= 0.6 is 0 Å². The molecular weight excluding hydrogens is 512 g/mol. The van der Waals surface area contributed by atoms with Gasteiger partial charge in [-0.05, 0) is 77.2 Å². The summed E-state index contributed by atoms with van der Waals surface area (Å²) in [6, 6.07) is 0. The van der Waals surface area contributed by atoms with Gasteiger partial charge in [0.2, 0.25) is 0 Å². The lowest BCUT2D eigenvalue weighted by molar-refractivity contribution is 0.116. The highest BCUT2D eigenvalue weighted by atomic mass is 16.3. The van der Waals surface area contributed by atoms with E-state index in [2.05, 4.69) is 154 Å². The minimum atomic E-state index is -0.331. The molecule has 0 radical (unpaired) electrons. The fourth-order valence-corrected chi connectivity index (χ4v) is 6.14. The van der Waals surface area contributed by atoms with E-state index in [4.69, 9.17) is 0 Å². The molecule has 0 saturated heterocycles. The third-order valence-corrected chi connectivity index (χ3v) is 8.33. The molecule has 2 rings (SSSR count). The summed E-state index contributed by atoms with van der Waals surface area (Å²) in [4.78, 5) is 0. The van der Waals surface area contributed by atoms with Crippen LogP contribution in [0.5, 0.6) is 0 Å². The molecule has 0 aliphatic heterocycles. The fraction of sp³-hybridized carbons (Fsp3) is 0.450. The molecular formula is C40H56O2. The second-order valence-corrected chi connectivity index (χ2v) is 13.7. The Bertz CT molecular complexity index is 1270. The topological polar surface area (TPSA) is 40.5 Å². The zero-order valence-electron chi connectivity index (χ0n) is 27.9. The highest BCUT2D eigenvalue weighted by Gasteiger charge is 2.34. The van der Waals surface area contributed by atoms with Crippen molar-refractivity contribution in [3.63, 3.8) is 0 Å². The molecule has 0 saturated carbocycles. The van der Waals surface area contributed by atoms with Crippen molar-refractivity contribution in [2.45, 2.75) is 101 Å². The Morgan fingerprint density at radius 1 is 0.714 bits per heavy atom. The molecule has 0 aromatic rings. The van der Waals surface area contributed by atoms with E-state index in [-0.39, 0.29) is 23.0 Å². The number of aliphatic hydroxyl groups is 2. The van der Waals surface area contributed by atoms with Crippen LogP contribution < -0.4 is 0 Å². The van der Waals surface area contributed by atoms with E-state index in [0.29, 0.717) is 5.92 Å². The number of rotatable bonds is 10. The summed E-state index contributed by atoms with van der Waals surface area (Å²) in [6.45, 7) is 21.6. The first-order chi connectivity index (χ1) is 19.6. The summed E-state index contributed by atoms with van der Waals surface area (Å²) < 4.78 is 0. The maximum Gasteiger partial charge on any atom is 0.0729 e. The number of allylic oxidation sites excluding steroid dienone is 20. The first kappa shape index (κ1) is 35.3. The van der Waals surface area contributed by atoms with Gasteiger partial charge in [0.15, 0.2) is 0 Å². The molecule has 0 fully saturated rings. The molecule has 42 heavy (non-hydrogen) atoms. The van der Waals surface area contributed by atoms with Crippen LogP contribution in [0.4, 0.5) is 0 Å². The van der Waals surface area contributed by atoms with Crippen LogP contribution in [0.15, 0.2) is 130 Å². The molecule has 228 valence electrons. The maximum absolute atomic E-state index is 10.1. The Morgan fingerprint density at radius 2 is 1.21 bits per heavy atom. The van der Waals surface area contributed by atoms with Gasteiger partial charge in [0, 0.05) is 5.92 Å². The third-order valence-electron chi connectivity index (χ3n) is 8.33. The third kappa shape index (κ3) is 11.7. The normalized spacial score (nSPS) is 26.6. The monoisotopic (exact) mass is 568 g/mol. The largest absolute Gasteiger partial charge is 0.393 e. The first-order valence-corrected chi connectivity index (χ1v) is 15.4. The minimum absolute atomic E-state index is 0.00528. The number of hydrogen-bond acceptors (Lipinski definition) is 2. The Hall–Kier alpha value is -2.94. The zero-order chi connectivity index (χ0) is 31.5. The van der Waals surface area contributed by atoms with E-state index in [0.717, 1.165) is 19.3 Å². The van der Waals surface area contributed by atoms with Crippen molar-refractivity contribution in [1.29, 1.82) is 0 Å². The molecule has 0 unspecified atom stereocenters. The van der Waals surface area contributed by atoms with Gasteiger partial charge in [-0.1, -0.05) is 152 Å². The second-order valence-electron chi connectivity index (χ2n) is 13.7. The Kier molecular flexibility index (Phi) is 13.5. The van der Waals surface area contributed by atoms with E-state index in [1.165, 1.54) is 39.0 Å². The van der Waals surface area contributed by atoms with E-state index >= 15 is 0 Å². The molecule has 2 nitrogen and oxygen atoms in total. The van der Waals surface area contributed by atoms with Crippen LogP contribution in [0.3, 0.4) is 0 Å². The average molecular weight is 569 g/mol. The van der Waals surface area contributed by atoms with Gasteiger partial charge in [-0.2, -0.15) is 0 Å². The predicted molar refractivity (Wildman–Crippen MR) is 184 cm³/mol. The molecule has 0 heterocycles. The van der Waals surface area contributed by atoms with E-state index in [1.54, 1.807) is 0 Å². The van der Waals surface area contributed by atoms with Crippen LogP contribution in [0.25, 0.3) is 0 Å². The van der Waals surface area contributed by atoms with Gasteiger partial charge in [0.25, 0.3) is 0 Å². The number of hydrogen-bond donors (Lipinski definition) is 2. The van der Waals surface area contributed by atoms with Gasteiger partial charge in [0.05, 0.1) is 12.2 Å². The van der Waals surface area contributed by atoms with Crippen molar-refractivity contribution >= 4 is 0 Å². The van der Waals surface area contributed by atoms with Gasteiger partial charge in [-0.25, -0.2) is 0 Å². The molecule has 0 aromatic carbocycles. The summed E-state index contributed by atoms with van der Waals surface area (Å²) >= 11 is 0. The molecule has 2 heteroatoms. The van der Waals surface area contributed by atoms with Crippen molar-refractivity contribution in [2.75, 3.05) is 0 Å². The summed E-state index contributed by atoms with van der Waals surface area (Å²) in [5, 5.41) is 20.2. The van der Waals surface area contributed by atoms with Crippen molar-refractivity contribution in [2.24, 2.45) is 16.7 Å². The quantitative estimate of drug-likeness (QED) is 0.203. The lowest BCUT2D eigenvalue weighted by Crippen LogP contribution is -2.32. The molecule has 0 spiro atoms. The van der Waals surface area contributed by atoms with Crippen molar-refractivity contribution in [3.05, 3.63) is 130 Å². The first-order valence-electron chi connectivity index (χ1n) is 15.4. The van der Waals surface area contributed by atoms with Crippen molar-refractivity contribution in [1.82, 2.24) is 0 Å². The molecule has 0 bridgehead atoms. The Labute approximate surface area is 257 Å². The molecule has 2 aliphatic rings. The molecule has 0 amide bonds. The summed E-state index contributed by atoms with van der Waals surface area (Å²) in [5.74, 6) is 0.348. The zero-order valence-corrected chi connectivity index (χ0v) is 27.9. The maximum atomic E-state index is 10.1. The van der Waals surface area contributed by atoms with E-state index in [9.17, 15) is 10.2 Å². The van der Waals surface area contributed by atoms with Gasteiger partial charge < -0.3 is 10.2 Å². The minimum Gasteiger partial charge on any atom is -0.393 e. The van der Waals surface area contributed by atoms with Crippen LogP contribution in [0.1, 0.15) is 88.5 Å². The second kappa shape index (κ2) is 16.1. The standard InChI is InChI=1S/C40H56O2/c1-29(17-13-19-31(3)21-23-37-33(5)25-35(41)27-39(37,7)8)15-11-12-16-30(2)18-14-20-32(4)22-24-38-34(6)26-36(42)28-40(38,9)10/h11-25,35-37,41-42H,26-28H2,1-10H3/b12-11+,17-13+,18-14+,23-21+,24-22+,29-15+,30-16+,31-19+,32-20+/t35-,36+,37-/m1/s1. The molecule has 2 aliphatic carbocycles. The SMILES string of the molecule is CC1=C[C@@H](O)CC(C)(C)[C@@H]1/C=C/C(C)=C/C=C/C(C)=C/C=C/C=C(C)/C=C/C=C(C)/C=C/C1=C(C)C[C@H](O)CC1(C)C. The highest BCUT2D eigenvalue weighted by Crippen LogP contribution is 2.42. The van der Waals surface area contributed by atoms with Gasteiger partial charge in [-0.3, -0.25) is 0 Å². The molecule has 3 atom stereocenters. The van der Waals surface area contributed by atoms with Gasteiger partial charge in [-0.15, -0.1) is 0 Å². The van der Waals surface area contributed by atoms with E-state index in [1.807, 2.05) is 6.08 Å².